The fourth-order valence-corrected chi connectivity index (χ4v) is 5.23. The van der Waals surface area contributed by atoms with Gasteiger partial charge in [0.15, 0.2) is 0 Å². The topological polar surface area (TPSA) is 114 Å². The Morgan fingerprint density at radius 2 is 1.33 bits per heavy atom. The summed E-state index contributed by atoms with van der Waals surface area (Å²) in [5, 5.41) is 5.74. The summed E-state index contributed by atoms with van der Waals surface area (Å²) in [4.78, 5) is 57.3. The molecule has 0 bridgehead atoms. The van der Waals surface area contributed by atoms with E-state index in [1.165, 1.54) is 0 Å². The first-order chi connectivity index (χ1) is 21.3. The van der Waals surface area contributed by atoms with Gasteiger partial charge < -0.3 is 25.0 Å². The van der Waals surface area contributed by atoms with Crippen LogP contribution in [0.3, 0.4) is 0 Å². The first-order valence-corrected chi connectivity index (χ1v) is 16.2. The van der Waals surface area contributed by atoms with Gasteiger partial charge >= 0.3 is 12.1 Å². The second-order valence-corrected chi connectivity index (χ2v) is 14.4. The standard InChI is InChI=1S/C37H55N3O6/c1-13-26(6)40(33(42)30(23(2)3)39-35(44)46-37(10,11)12)31(29-24(4)18-17-19-25(29)5)32(41)38-28(34(43)45-36(7,8)9)22-27-20-15-14-16-21-27/h14-21,23,26,28,30-31H,13,22H2,1-12H3,(H,38,41)(H,39,44). The molecule has 254 valence electrons. The van der Waals surface area contributed by atoms with Crippen LogP contribution in [0.2, 0.25) is 0 Å². The molecule has 9 nitrogen and oxygen atoms in total. The molecule has 0 radical (unpaired) electrons. The number of carbonyl (C=O) groups excluding carboxylic acids is 4. The maximum Gasteiger partial charge on any atom is 0.408 e. The molecule has 2 N–H and O–H groups in total. The van der Waals surface area contributed by atoms with Gasteiger partial charge in [-0.15, -0.1) is 0 Å². The summed E-state index contributed by atoms with van der Waals surface area (Å²) in [5.74, 6) is -1.83. The van der Waals surface area contributed by atoms with E-state index in [4.69, 9.17) is 9.47 Å². The van der Waals surface area contributed by atoms with Crippen LogP contribution in [0.4, 0.5) is 4.79 Å². The minimum atomic E-state index is -1.11. The van der Waals surface area contributed by atoms with Crippen molar-refractivity contribution in [3.05, 3.63) is 70.8 Å². The van der Waals surface area contributed by atoms with Gasteiger partial charge in [-0.3, -0.25) is 9.59 Å². The molecule has 3 amide bonds. The third kappa shape index (κ3) is 11.2. The molecule has 9 heteroatoms. The number of hydrogen-bond donors (Lipinski definition) is 2. The van der Waals surface area contributed by atoms with Gasteiger partial charge in [0.1, 0.15) is 29.3 Å². The monoisotopic (exact) mass is 637 g/mol. The summed E-state index contributed by atoms with van der Waals surface area (Å²) in [7, 11) is 0. The minimum Gasteiger partial charge on any atom is -0.458 e. The molecule has 0 heterocycles. The lowest BCUT2D eigenvalue weighted by Crippen LogP contribution is -2.58. The average Bonchev–Trinajstić information content (AvgIpc) is 2.92. The molecule has 2 rings (SSSR count). The van der Waals surface area contributed by atoms with Crippen molar-refractivity contribution < 1.29 is 28.7 Å². The highest BCUT2D eigenvalue weighted by Crippen LogP contribution is 2.32. The third-order valence-corrected chi connectivity index (χ3v) is 7.56. The Labute approximate surface area is 275 Å². The van der Waals surface area contributed by atoms with Crippen molar-refractivity contribution in [2.45, 2.75) is 131 Å². The fraction of sp³-hybridized carbons (Fsp3) is 0.568. The van der Waals surface area contributed by atoms with E-state index in [0.29, 0.717) is 12.0 Å². The first-order valence-electron chi connectivity index (χ1n) is 16.2. The van der Waals surface area contributed by atoms with Gasteiger partial charge in [0.05, 0.1) is 0 Å². The van der Waals surface area contributed by atoms with E-state index in [1.54, 1.807) is 46.4 Å². The molecule has 0 saturated heterocycles. The molecule has 4 atom stereocenters. The zero-order valence-corrected chi connectivity index (χ0v) is 29.8. The van der Waals surface area contributed by atoms with E-state index in [9.17, 15) is 19.2 Å². The van der Waals surface area contributed by atoms with Gasteiger partial charge in [-0.1, -0.05) is 69.3 Å². The molecule has 2 aromatic rings. The quantitative estimate of drug-likeness (QED) is 0.254. The Bertz CT molecular complexity index is 1320. The molecule has 0 spiro atoms. The normalized spacial score (nSPS) is 14.5. The number of rotatable bonds is 12. The Hall–Kier alpha value is -3.88. The van der Waals surface area contributed by atoms with Gasteiger partial charge in [0.2, 0.25) is 11.8 Å². The number of hydrogen-bond acceptors (Lipinski definition) is 6. The van der Waals surface area contributed by atoms with Crippen LogP contribution in [0.15, 0.2) is 48.5 Å². The van der Waals surface area contributed by atoms with Crippen LogP contribution in [-0.2, 0) is 30.3 Å². The fourth-order valence-electron chi connectivity index (χ4n) is 5.23. The lowest BCUT2D eigenvalue weighted by atomic mass is 9.91. The molecule has 0 aliphatic carbocycles. The third-order valence-electron chi connectivity index (χ3n) is 7.56. The molecular formula is C37H55N3O6. The number of carbonyl (C=O) groups is 4. The molecular weight excluding hydrogens is 582 g/mol. The van der Waals surface area contributed by atoms with Crippen LogP contribution in [0.25, 0.3) is 0 Å². The summed E-state index contributed by atoms with van der Waals surface area (Å²) < 4.78 is 11.2. The van der Waals surface area contributed by atoms with Gasteiger partial charge in [-0.05, 0) is 96.9 Å². The molecule has 0 aromatic heterocycles. The van der Waals surface area contributed by atoms with E-state index < -0.39 is 59.2 Å². The highest BCUT2D eigenvalue weighted by Gasteiger charge is 2.42. The van der Waals surface area contributed by atoms with E-state index in [2.05, 4.69) is 10.6 Å². The summed E-state index contributed by atoms with van der Waals surface area (Å²) in [6.07, 6.45) is 0.0224. The molecule has 0 aliphatic rings. The molecule has 2 aromatic carbocycles. The predicted molar refractivity (Wildman–Crippen MR) is 181 cm³/mol. The first kappa shape index (κ1) is 38.3. The molecule has 0 fully saturated rings. The van der Waals surface area contributed by atoms with Gasteiger partial charge in [0, 0.05) is 12.5 Å². The lowest BCUT2D eigenvalue weighted by molar-refractivity contribution is -0.159. The van der Waals surface area contributed by atoms with Crippen molar-refractivity contribution in [1.29, 1.82) is 0 Å². The number of nitrogens with one attached hydrogen (secondary N) is 2. The van der Waals surface area contributed by atoms with Crippen molar-refractivity contribution in [3.8, 4) is 0 Å². The van der Waals surface area contributed by atoms with E-state index >= 15 is 0 Å². The number of esters is 1. The Kier molecular flexibility index (Phi) is 13.4. The van der Waals surface area contributed by atoms with Crippen molar-refractivity contribution in [2.75, 3.05) is 0 Å². The van der Waals surface area contributed by atoms with E-state index in [1.807, 2.05) is 90.1 Å². The number of alkyl carbamates (subject to hydrolysis) is 1. The van der Waals surface area contributed by atoms with Gasteiger partial charge in [0.25, 0.3) is 0 Å². The lowest BCUT2D eigenvalue weighted by Gasteiger charge is -2.40. The van der Waals surface area contributed by atoms with Crippen LogP contribution in [0.1, 0.15) is 104 Å². The van der Waals surface area contributed by atoms with Crippen molar-refractivity contribution in [1.82, 2.24) is 15.5 Å². The number of amides is 3. The van der Waals surface area contributed by atoms with Crippen molar-refractivity contribution in [2.24, 2.45) is 5.92 Å². The molecule has 0 aliphatic heterocycles. The zero-order valence-electron chi connectivity index (χ0n) is 29.8. The van der Waals surface area contributed by atoms with Crippen molar-refractivity contribution in [3.63, 3.8) is 0 Å². The number of aryl methyl sites for hydroxylation is 2. The van der Waals surface area contributed by atoms with E-state index in [0.717, 1.165) is 16.7 Å². The second-order valence-electron chi connectivity index (χ2n) is 14.4. The van der Waals surface area contributed by atoms with Gasteiger partial charge in [-0.25, -0.2) is 9.59 Å². The van der Waals surface area contributed by atoms with Gasteiger partial charge in [-0.2, -0.15) is 0 Å². The number of benzene rings is 2. The second kappa shape index (κ2) is 16.1. The summed E-state index contributed by atoms with van der Waals surface area (Å²) in [6, 6.07) is 11.6. The zero-order chi connectivity index (χ0) is 35.0. The van der Waals surface area contributed by atoms with Crippen LogP contribution in [-0.4, -0.2) is 58.1 Å². The molecule has 4 unspecified atom stereocenters. The smallest absolute Gasteiger partial charge is 0.408 e. The van der Waals surface area contributed by atoms with Crippen LogP contribution >= 0.6 is 0 Å². The highest BCUT2D eigenvalue weighted by molar-refractivity contribution is 5.94. The maximum absolute atomic E-state index is 14.7. The van der Waals surface area contributed by atoms with Crippen molar-refractivity contribution >= 4 is 23.9 Å². The van der Waals surface area contributed by atoms with Crippen LogP contribution < -0.4 is 10.6 Å². The number of nitrogens with zero attached hydrogens (tertiary/aromatic N) is 1. The minimum absolute atomic E-state index is 0.201. The van der Waals surface area contributed by atoms with Crippen LogP contribution in [0, 0.1) is 19.8 Å². The Balaban J connectivity index is 2.69. The van der Waals surface area contributed by atoms with Crippen LogP contribution in [0.5, 0.6) is 0 Å². The highest BCUT2D eigenvalue weighted by atomic mass is 16.6. The Morgan fingerprint density at radius 1 is 0.783 bits per heavy atom. The molecule has 0 saturated carbocycles. The molecule has 46 heavy (non-hydrogen) atoms. The predicted octanol–water partition coefficient (Wildman–Crippen LogP) is 6.59. The average molecular weight is 638 g/mol. The Morgan fingerprint density at radius 3 is 1.80 bits per heavy atom. The SMILES string of the molecule is CCC(C)N(C(=O)C(NC(=O)OC(C)(C)C)C(C)C)C(C(=O)NC(Cc1ccccc1)C(=O)OC(C)(C)C)c1c(C)cccc1C. The number of ether oxygens (including phenoxy) is 2. The summed E-state index contributed by atoms with van der Waals surface area (Å²) in [5.41, 5.74) is 1.61. The largest absolute Gasteiger partial charge is 0.458 e. The van der Waals surface area contributed by atoms with E-state index in [-0.39, 0.29) is 12.3 Å². The summed E-state index contributed by atoms with van der Waals surface area (Å²) >= 11 is 0. The summed E-state index contributed by atoms with van der Waals surface area (Å²) in [6.45, 7) is 21.9. The maximum atomic E-state index is 14.7.